The van der Waals surface area contributed by atoms with Crippen molar-refractivity contribution in [2.45, 2.75) is 46.1 Å². The van der Waals surface area contributed by atoms with Crippen molar-refractivity contribution < 1.29 is 13.9 Å². The second-order valence-corrected chi connectivity index (χ2v) is 5.81. The zero-order valence-corrected chi connectivity index (χ0v) is 14.6. The molecule has 0 bridgehead atoms. The molecular weight excluding hydrogens is 306 g/mol. The SMILES string of the molecule is CCCCCCOc1ccc(-c2nnc(CN(C)C(C)=O)o2)cc1. The number of carbonyl (C=O) groups is 1. The Morgan fingerprint density at radius 3 is 2.58 bits per heavy atom. The molecule has 0 unspecified atom stereocenters. The Balaban J connectivity index is 1.89. The summed E-state index contributed by atoms with van der Waals surface area (Å²) in [5.74, 6) is 1.65. The smallest absolute Gasteiger partial charge is 0.247 e. The van der Waals surface area contributed by atoms with Crippen molar-refractivity contribution in [3.8, 4) is 17.2 Å². The number of ether oxygens (including phenoxy) is 1. The summed E-state index contributed by atoms with van der Waals surface area (Å²) in [6.07, 6.45) is 4.75. The number of hydrogen-bond donors (Lipinski definition) is 0. The molecule has 0 aliphatic heterocycles. The third kappa shape index (κ3) is 5.37. The van der Waals surface area contributed by atoms with E-state index < -0.39 is 0 Å². The molecule has 24 heavy (non-hydrogen) atoms. The van der Waals surface area contributed by atoms with Gasteiger partial charge in [-0.2, -0.15) is 0 Å². The highest BCUT2D eigenvalue weighted by atomic mass is 16.5. The van der Waals surface area contributed by atoms with E-state index in [4.69, 9.17) is 9.15 Å². The van der Waals surface area contributed by atoms with Crippen LogP contribution in [0.15, 0.2) is 28.7 Å². The van der Waals surface area contributed by atoms with E-state index in [1.165, 1.54) is 31.1 Å². The normalized spacial score (nSPS) is 10.6. The molecule has 2 aromatic rings. The third-order valence-corrected chi connectivity index (χ3v) is 3.74. The van der Waals surface area contributed by atoms with Crippen LogP contribution in [-0.2, 0) is 11.3 Å². The topological polar surface area (TPSA) is 68.5 Å². The molecule has 2 rings (SSSR count). The number of nitrogens with zero attached hydrogens (tertiary/aromatic N) is 3. The largest absolute Gasteiger partial charge is 0.494 e. The molecule has 6 heteroatoms. The van der Waals surface area contributed by atoms with Gasteiger partial charge in [0, 0.05) is 19.5 Å². The van der Waals surface area contributed by atoms with E-state index >= 15 is 0 Å². The molecule has 6 nitrogen and oxygen atoms in total. The van der Waals surface area contributed by atoms with Gasteiger partial charge in [-0.15, -0.1) is 10.2 Å². The highest BCUT2D eigenvalue weighted by Crippen LogP contribution is 2.22. The molecule has 0 aliphatic rings. The second kappa shape index (κ2) is 9.05. The predicted octanol–water partition coefficient (Wildman–Crippen LogP) is 3.67. The summed E-state index contributed by atoms with van der Waals surface area (Å²) >= 11 is 0. The van der Waals surface area contributed by atoms with Gasteiger partial charge in [-0.25, -0.2) is 0 Å². The number of benzene rings is 1. The molecule has 1 aromatic heterocycles. The van der Waals surface area contributed by atoms with Gasteiger partial charge >= 0.3 is 0 Å². The lowest BCUT2D eigenvalue weighted by atomic mass is 10.2. The molecule has 1 heterocycles. The Hall–Kier alpha value is -2.37. The standard InChI is InChI=1S/C18H25N3O3/c1-4-5-6-7-12-23-16-10-8-15(9-11-16)18-20-19-17(24-18)13-21(3)14(2)22/h8-11H,4-7,12-13H2,1-3H3. The summed E-state index contributed by atoms with van der Waals surface area (Å²) in [6, 6.07) is 7.60. The lowest BCUT2D eigenvalue weighted by molar-refractivity contribution is -0.128. The highest BCUT2D eigenvalue weighted by molar-refractivity contribution is 5.72. The molecular formula is C18H25N3O3. The molecule has 0 N–H and O–H groups in total. The minimum atomic E-state index is -0.0461. The van der Waals surface area contributed by atoms with E-state index in [-0.39, 0.29) is 5.91 Å². The van der Waals surface area contributed by atoms with Gasteiger partial charge in [0.25, 0.3) is 0 Å². The fourth-order valence-electron chi connectivity index (χ4n) is 2.16. The minimum absolute atomic E-state index is 0.0461. The van der Waals surface area contributed by atoms with E-state index in [1.54, 1.807) is 7.05 Å². The van der Waals surface area contributed by atoms with Crippen molar-refractivity contribution >= 4 is 5.91 Å². The van der Waals surface area contributed by atoms with Gasteiger partial charge in [0.15, 0.2) is 0 Å². The maximum atomic E-state index is 11.2. The summed E-state index contributed by atoms with van der Waals surface area (Å²) in [7, 11) is 1.69. The van der Waals surface area contributed by atoms with Crippen molar-refractivity contribution in [3.05, 3.63) is 30.2 Å². The molecule has 0 radical (unpaired) electrons. The molecule has 0 aliphatic carbocycles. The Bertz CT molecular complexity index is 637. The van der Waals surface area contributed by atoms with E-state index in [1.807, 2.05) is 24.3 Å². The van der Waals surface area contributed by atoms with Crippen LogP contribution in [0.2, 0.25) is 0 Å². The van der Waals surface area contributed by atoms with Crippen LogP contribution in [-0.4, -0.2) is 34.7 Å². The van der Waals surface area contributed by atoms with Gasteiger partial charge < -0.3 is 14.1 Å². The van der Waals surface area contributed by atoms with Crippen LogP contribution in [0.25, 0.3) is 11.5 Å². The Kier molecular flexibility index (Phi) is 6.78. The number of carbonyl (C=O) groups excluding carboxylic acids is 1. The first-order valence-electron chi connectivity index (χ1n) is 8.37. The Morgan fingerprint density at radius 2 is 1.92 bits per heavy atom. The first kappa shape index (κ1) is 18.0. The van der Waals surface area contributed by atoms with Crippen molar-refractivity contribution in [3.63, 3.8) is 0 Å². The fraction of sp³-hybridized carbons (Fsp3) is 0.500. The van der Waals surface area contributed by atoms with Gasteiger partial charge in [-0.05, 0) is 30.7 Å². The highest BCUT2D eigenvalue weighted by Gasteiger charge is 2.12. The lowest BCUT2D eigenvalue weighted by Gasteiger charge is -2.10. The van der Waals surface area contributed by atoms with Crippen LogP contribution in [0.3, 0.4) is 0 Å². The summed E-state index contributed by atoms with van der Waals surface area (Å²) < 4.78 is 11.3. The lowest BCUT2D eigenvalue weighted by Crippen LogP contribution is -2.23. The van der Waals surface area contributed by atoms with E-state index in [9.17, 15) is 4.79 Å². The first-order valence-corrected chi connectivity index (χ1v) is 8.37. The second-order valence-electron chi connectivity index (χ2n) is 5.81. The van der Waals surface area contributed by atoms with Crippen LogP contribution < -0.4 is 4.74 Å². The van der Waals surface area contributed by atoms with Crippen LogP contribution in [0, 0.1) is 0 Å². The molecule has 0 spiro atoms. The number of unbranched alkanes of at least 4 members (excludes halogenated alkanes) is 3. The predicted molar refractivity (Wildman–Crippen MR) is 91.5 cm³/mol. The molecule has 130 valence electrons. The van der Waals surface area contributed by atoms with Crippen LogP contribution in [0.1, 0.15) is 45.4 Å². The molecule has 0 saturated heterocycles. The number of hydrogen-bond acceptors (Lipinski definition) is 5. The maximum Gasteiger partial charge on any atom is 0.247 e. The van der Waals surface area contributed by atoms with E-state index in [0.717, 1.165) is 24.3 Å². The van der Waals surface area contributed by atoms with E-state index in [0.29, 0.717) is 18.3 Å². The van der Waals surface area contributed by atoms with Gasteiger partial charge in [0.1, 0.15) is 5.75 Å². The minimum Gasteiger partial charge on any atom is -0.494 e. The van der Waals surface area contributed by atoms with Crippen molar-refractivity contribution in [2.24, 2.45) is 0 Å². The molecule has 0 saturated carbocycles. The molecule has 0 atom stereocenters. The average molecular weight is 331 g/mol. The maximum absolute atomic E-state index is 11.2. The monoisotopic (exact) mass is 331 g/mol. The molecule has 0 fully saturated rings. The number of aromatic nitrogens is 2. The Morgan fingerprint density at radius 1 is 1.17 bits per heavy atom. The Labute approximate surface area is 142 Å². The van der Waals surface area contributed by atoms with Gasteiger partial charge in [-0.1, -0.05) is 26.2 Å². The summed E-state index contributed by atoms with van der Waals surface area (Å²) in [5.41, 5.74) is 0.831. The van der Waals surface area contributed by atoms with E-state index in [2.05, 4.69) is 17.1 Å². The first-order chi connectivity index (χ1) is 11.6. The van der Waals surface area contributed by atoms with Gasteiger partial charge in [0.2, 0.25) is 17.7 Å². The fourth-order valence-corrected chi connectivity index (χ4v) is 2.16. The zero-order valence-electron chi connectivity index (χ0n) is 14.6. The van der Waals surface area contributed by atoms with Gasteiger partial charge in [-0.3, -0.25) is 4.79 Å². The zero-order chi connectivity index (χ0) is 17.4. The van der Waals surface area contributed by atoms with Crippen molar-refractivity contribution in [2.75, 3.05) is 13.7 Å². The van der Waals surface area contributed by atoms with Gasteiger partial charge in [0.05, 0.1) is 13.2 Å². The molecule has 1 aromatic carbocycles. The molecule has 1 amide bonds. The summed E-state index contributed by atoms with van der Waals surface area (Å²) in [4.78, 5) is 12.7. The van der Waals surface area contributed by atoms with Crippen molar-refractivity contribution in [1.82, 2.24) is 15.1 Å². The summed E-state index contributed by atoms with van der Waals surface area (Å²) in [5, 5.41) is 8.00. The number of amides is 1. The van der Waals surface area contributed by atoms with Crippen LogP contribution in [0.5, 0.6) is 5.75 Å². The summed E-state index contributed by atoms with van der Waals surface area (Å²) in [6.45, 7) is 4.74. The van der Waals surface area contributed by atoms with Crippen LogP contribution >= 0.6 is 0 Å². The van der Waals surface area contributed by atoms with Crippen LogP contribution in [0.4, 0.5) is 0 Å². The van der Waals surface area contributed by atoms with Crippen molar-refractivity contribution in [1.29, 1.82) is 0 Å². The number of rotatable bonds is 9. The third-order valence-electron chi connectivity index (χ3n) is 3.74. The quantitative estimate of drug-likeness (QED) is 0.656. The average Bonchev–Trinajstić information content (AvgIpc) is 3.03.